The van der Waals surface area contributed by atoms with Crippen molar-refractivity contribution < 1.29 is 5.11 Å². The lowest BCUT2D eigenvalue weighted by atomic mass is 9.86. The molecule has 0 saturated carbocycles. The fraction of sp³-hybridized carbons (Fsp3) is 0.0556. The molecule has 0 amide bonds. The maximum Gasteiger partial charge on any atom is 0.0319 e. The van der Waals surface area contributed by atoms with Gasteiger partial charge in [0, 0.05) is 7.11 Å². The monoisotopic (exact) mass is 476 g/mol. The lowest BCUT2D eigenvalue weighted by Gasteiger charge is -2.17. The molecule has 7 rings (SSSR count). The molecule has 1 heteroatoms. The van der Waals surface area contributed by atoms with Gasteiger partial charge in [0.1, 0.15) is 0 Å². The van der Waals surface area contributed by atoms with E-state index in [1.807, 2.05) is 0 Å². The molecule has 0 fully saturated rings. The number of aliphatic hydroxyl groups excluding tert-OH is 1. The average Bonchev–Trinajstić information content (AvgIpc) is 3.37. The van der Waals surface area contributed by atoms with Crippen LogP contribution in [-0.2, 0) is 6.42 Å². The van der Waals surface area contributed by atoms with Gasteiger partial charge in [0.25, 0.3) is 0 Å². The molecule has 1 nitrogen and oxygen atoms in total. The van der Waals surface area contributed by atoms with Gasteiger partial charge in [-0.2, -0.15) is 0 Å². The Labute approximate surface area is 218 Å². The molecule has 1 N–H and O–H groups in total. The summed E-state index contributed by atoms with van der Waals surface area (Å²) in [5, 5.41) is 9.57. The van der Waals surface area contributed by atoms with Crippen LogP contribution in [0, 0.1) is 0 Å². The Kier molecular flexibility index (Phi) is 6.14. The quantitative estimate of drug-likeness (QED) is 0.270. The van der Waals surface area contributed by atoms with E-state index in [0.717, 1.165) is 13.5 Å². The van der Waals surface area contributed by atoms with Crippen molar-refractivity contribution in [2.45, 2.75) is 6.42 Å². The lowest BCUT2D eigenvalue weighted by molar-refractivity contribution is 0.399. The van der Waals surface area contributed by atoms with Crippen LogP contribution in [0.3, 0.4) is 0 Å². The van der Waals surface area contributed by atoms with E-state index in [1.165, 1.54) is 66.4 Å². The number of hydrogen-bond acceptors (Lipinski definition) is 1. The van der Waals surface area contributed by atoms with Crippen LogP contribution >= 0.6 is 0 Å². The summed E-state index contributed by atoms with van der Waals surface area (Å²) in [4.78, 5) is 0. The molecular weight excluding hydrogens is 448 g/mol. The summed E-state index contributed by atoms with van der Waals surface area (Å²) >= 11 is 0. The zero-order valence-electron chi connectivity index (χ0n) is 20.9. The number of aliphatic hydroxyl groups is 1. The van der Waals surface area contributed by atoms with Crippen LogP contribution in [0.5, 0.6) is 0 Å². The normalized spacial score (nSPS) is 11.4. The number of hydrogen-bond donors (Lipinski definition) is 1. The summed E-state index contributed by atoms with van der Waals surface area (Å²) in [5.74, 6) is 0. The van der Waals surface area contributed by atoms with E-state index in [2.05, 4.69) is 133 Å². The Hall–Kier alpha value is -4.46. The summed E-state index contributed by atoms with van der Waals surface area (Å²) in [6, 6.07) is 48.6. The Morgan fingerprint density at radius 1 is 0.432 bits per heavy atom. The van der Waals surface area contributed by atoms with Crippen molar-refractivity contribution in [3.63, 3.8) is 0 Å². The van der Waals surface area contributed by atoms with E-state index in [-0.39, 0.29) is 0 Å². The number of rotatable bonds is 3. The minimum absolute atomic E-state index is 0.987. The van der Waals surface area contributed by atoms with Gasteiger partial charge in [-0.05, 0) is 72.8 Å². The second-order valence-corrected chi connectivity index (χ2v) is 9.32. The molecule has 178 valence electrons. The van der Waals surface area contributed by atoms with Crippen LogP contribution in [-0.4, -0.2) is 12.2 Å². The van der Waals surface area contributed by atoms with Gasteiger partial charge in [-0.25, -0.2) is 0 Å². The summed E-state index contributed by atoms with van der Waals surface area (Å²) in [6.45, 7) is 0. The minimum Gasteiger partial charge on any atom is -0.400 e. The van der Waals surface area contributed by atoms with Gasteiger partial charge in [0.05, 0.1) is 0 Å². The summed E-state index contributed by atoms with van der Waals surface area (Å²) in [5.41, 5.74) is 13.3. The van der Waals surface area contributed by atoms with Crippen LogP contribution in [0.4, 0.5) is 0 Å². The average molecular weight is 477 g/mol. The SMILES string of the molecule is CO.c1ccc(-c2ccc(-c3c(-c4cccc5c4Cc4ccccc4-5)ccc4ccccc34)cc2)cc1. The van der Waals surface area contributed by atoms with Crippen molar-refractivity contribution in [3.8, 4) is 44.5 Å². The molecule has 0 unspecified atom stereocenters. The molecule has 1 aliphatic rings. The van der Waals surface area contributed by atoms with E-state index in [0.29, 0.717) is 0 Å². The van der Waals surface area contributed by atoms with Crippen LogP contribution in [0.2, 0.25) is 0 Å². The fourth-order valence-electron chi connectivity index (χ4n) is 5.68. The first-order valence-electron chi connectivity index (χ1n) is 12.7. The van der Waals surface area contributed by atoms with Crippen molar-refractivity contribution in [1.82, 2.24) is 0 Å². The summed E-state index contributed by atoms with van der Waals surface area (Å²) in [6.07, 6.45) is 0.987. The van der Waals surface area contributed by atoms with Gasteiger partial charge in [-0.3, -0.25) is 0 Å². The predicted molar refractivity (Wildman–Crippen MR) is 157 cm³/mol. The van der Waals surface area contributed by atoms with Gasteiger partial charge in [-0.1, -0.05) is 133 Å². The molecule has 0 saturated heterocycles. The van der Waals surface area contributed by atoms with Gasteiger partial charge in [0.15, 0.2) is 0 Å². The predicted octanol–water partition coefficient (Wildman–Crippen LogP) is 9.02. The zero-order chi connectivity index (χ0) is 25.2. The van der Waals surface area contributed by atoms with E-state index in [9.17, 15) is 0 Å². The molecule has 6 aromatic carbocycles. The molecule has 0 aromatic heterocycles. The Balaban J connectivity index is 0.00000123. The minimum atomic E-state index is 0.987. The van der Waals surface area contributed by atoms with Crippen molar-refractivity contribution in [1.29, 1.82) is 0 Å². The molecule has 6 aromatic rings. The molecule has 1 aliphatic carbocycles. The zero-order valence-corrected chi connectivity index (χ0v) is 20.9. The highest BCUT2D eigenvalue weighted by molar-refractivity contribution is 6.05. The summed E-state index contributed by atoms with van der Waals surface area (Å²) < 4.78 is 0. The van der Waals surface area contributed by atoms with E-state index in [4.69, 9.17) is 5.11 Å². The third-order valence-corrected chi connectivity index (χ3v) is 7.35. The van der Waals surface area contributed by atoms with Gasteiger partial charge in [0.2, 0.25) is 0 Å². The maximum absolute atomic E-state index is 7.00. The third-order valence-electron chi connectivity index (χ3n) is 7.35. The fourth-order valence-corrected chi connectivity index (χ4v) is 5.68. The smallest absolute Gasteiger partial charge is 0.0319 e. The van der Waals surface area contributed by atoms with Crippen molar-refractivity contribution in [2.24, 2.45) is 0 Å². The Morgan fingerprint density at radius 2 is 1.03 bits per heavy atom. The topological polar surface area (TPSA) is 20.2 Å². The van der Waals surface area contributed by atoms with Crippen LogP contribution in [0.1, 0.15) is 11.1 Å². The molecule has 0 atom stereocenters. The largest absolute Gasteiger partial charge is 0.400 e. The number of fused-ring (bicyclic) bond motifs is 4. The van der Waals surface area contributed by atoms with E-state index >= 15 is 0 Å². The van der Waals surface area contributed by atoms with Gasteiger partial charge >= 0.3 is 0 Å². The van der Waals surface area contributed by atoms with Crippen LogP contribution in [0.15, 0.2) is 133 Å². The second kappa shape index (κ2) is 9.89. The van der Waals surface area contributed by atoms with Crippen molar-refractivity contribution in [2.75, 3.05) is 7.11 Å². The van der Waals surface area contributed by atoms with Crippen LogP contribution < -0.4 is 0 Å². The highest BCUT2D eigenvalue weighted by atomic mass is 16.2. The first-order chi connectivity index (χ1) is 18.4. The molecule has 0 aliphatic heterocycles. The molecule has 37 heavy (non-hydrogen) atoms. The van der Waals surface area contributed by atoms with E-state index < -0.39 is 0 Å². The van der Waals surface area contributed by atoms with E-state index in [1.54, 1.807) is 0 Å². The van der Waals surface area contributed by atoms with Crippen LogP contribution in [0.25, 0.3) is 55.3 Å². The van der Waals surface area contributed by atoms with Gasteiger partial charge < -0.3 is 5.11 Å². The first-order valence-corrected chi connectivity index (χ1v) is 12.7. The number of benzene rings is 6. The standard InChI is InChI=1S/C35H24.CH4O/c1-2-9-24(10-3-1)25-17-19-27(20-18-25)35-30-14-7-4-11-26(30)21-22-33(35)32-16-8-15-31-29-13-6-5-12-28(29)23-34(31)32;1-2/h1-22H,23H2;2H,1H3. The highest BCUT2D eigenvalue weighted by Crippen LogP contribution is 2.45. The van der Waals surface area contributed by atoms with Crippen molar-refractivity contribution >= 4 is 10.8 Å². The highest BCUT2D eigenvalue weighted by Gasteiger charge is 2.23. The lowest BCUT2D eigenvalue weighted by Crippen LogP contribution is -1.93. The van der Waals surface area contributed by atoms with Crippen molar-refractivity contribution in [3.05, 3.63) is 145 Å². The van der Waals surface area contributed by atoms with Gasteiger partial charge in [-0.15, -0.1) is 0 Å². The Morgan fingerprint density at radius 3 is 1.84 bits per heavy atom. The molecule has 0 heterocycles. The molecule has 0 spiro atoms. The first kappa shape index (κ1) is 23.0. The third kappa shape index (κ3) is 4.04. The molecular formula is C36H28O. The summed E-state index contributed by atoms with van der Waals surface area (Å²) in [7, 11) is 1.00. The second-order valence-electron chi connectivity index (χ2n) is 9.32. The molecule has 0 bridgehead atoms. The maximum atomic E-state index is 7.00. The molecule has 0 radical (unpaired) electrons. The Bertz CT molecular complexity index is 1700.